The molecule has 1 aliphatic heterocycles. The van der Waals surface area contributed by atoms with Crippen LogP contribution >= 0.6 is 0 Å². The molecule has 18 heavy (non-hydrogen) atoms. The zero-order valence-electron chi connectivity index (χ0n) is 10.5. The summed E-state index contributed by atoms with van der Waals surface area (Å²) < 4.78 is 0. The van der Waals surface area contributed by atoms with Crippen LogP contribution in [0.25, 0.3) is 0 Å². The molecule has 3 rings (SSSR count). The molecule has 0 amide bonds. The number of rotatable bonds is 3. The smallest absolute Gasteiger partial charge is 0.0776 e. The average Bonchev–Trinajstić information content (AvgIpc) is 2.95. The molecule has 1 unspecified atom stereocenters. The molecule has 0 aliphatic carbocycles. The lowest BCUT2D eigenvalue weighted by molar-refractivity contribution is 0.276. The Morgan fingerprint density at radius 2 is 1.61 bits per heavy atom. The van der Waals surface area contributed by atoms with Gasteiger partial charge in [-0.2, -0.15) is 0 Å². The van der Waals surface area contributed by atoms with Crippen molar-refractivity contribution in [3.63, 3.8) is 0 Å². The van der Waals surface area contributed by atoms with Crippen LogP contribution < -0.4 is 0 Å². The predicted octanol–water partition coefficient (Wildman–Crippen LogP) is 3.27. The minimum Gasteiger partial charge on any atom is -0.291 e. The van der Waals surface area contributed by atoms with Crippen LogP contribution in [0.15, 0.2) is 54.7 Å². The summed E-state index contributed by atoms with van der Waals surface area (Å²) in [4.78, 5) is 7.10. The zero-order valence-corrected chi connectivity index (χ0v) is 10.5. The van der Waals surface area contributed by atoms with E-state index in [4.69, 9.17) is 0 Å². The molecular weight excluding hydrogens is 220 g/mol. The molecule has 0 radical (unpaired) electrons. The van der Waals surface area contributed by atoms with Crippen molar-refractivity contribution in [2.24, 2.45) is 0 Å². The number of pyridine rings is 1. The highest BCUT2D eigenvalue weighted by Crippen LogP contribution is 2.29. The van der Waals surface area contributed by atoms with E-state index in [1.807, 2.05) is 12.3 Å². The van der Waals surface area contributed by atoms with Gasteiger partial charge in [-0.05, 0) is 43.6 Å². The van der Waals surface area contributed by atoms with Gasteiger partial charge in [-0.1, -0.05) is 36.4 Å². The Balaban J connectivity index is 1.98. The fourth-order valence-electron chi connectivity index (χ4n) is 2.74. The van der Waals surface area contributed by atoms with Crippen LogP contribution in [0.2, 0.25) is 0 Å². The number of hydrogen-bond acceptors (Lipinski definition) is 2. The van der Waals surface area contributed by atoms with Crippen molar-refractivity contribution in [3.8, 4) is 0 Å². The summed E-state index contributed by atoms with van der Waals surface area (Å²) in [6, 6.07) is 17.2. The molecule has 1 fully saturated rings. The lowest BCUT2D eigenvalue weighted by atomic mass is 10.0. The van der Waals surface area contributed by atoms with E-state index in [0.29, 0.717) is 6.04 Å². The standard InChI is InChI=1S/C16H18N2/c1-2-8-14(9-3-1)16(18-12-6-7-13-18)15-10-4-5-11-17-15/h1-5,8-11,16H,6-7,12-13H2. The highest BCUT2D eigenvalue weighted by molar-refractivity contribution is 5.28. The molecule has 1 aromatic heterocycles. The molecule has 2 heteroatoms. The first kappa shape index (κ1) is 11.4. The number of nitrogens with zero attached hydrogens (tertiary/aromatic N) is 2. The highest BCUT2D eigenvalue weighted by atomic mass is 15.2. The summed E-state index contributed by atoms with van der Waals surface area (Å²) in [7, 11) is 0. The number of aromatic nitrogens is 1. The number of hydrogen-bond donors (Lipinski definition) is 0. The molecule has 2 heterocycles. The number of likely N-dealkylation sites (tertiary alicyclic amines) is 1. The zero-order chi connectivity index (χ0) is 12.2. The maximum absolute atomic E-state index is 4.56. The lowest BCUT2D eigenvalue weighted by Gasteiger charge is -2.27. The summed E-state index contributed by atoms with van der Waals surface area (Å²) in [6.07, 6.45) is 4.49. The van der Waals surface area contributed by atoms with Crippen molar-refractivity contribution in [2.45, 2.75) is 18.9 Å². The minimum atomic E-state index is 0.315. The molecular formula is C16H18N2. The second-order valence-electron chi connectivity index (χ2n) is 4.81. The Bertz CT molecular complexity index is 435. The first-order valence-electron chi connectivity index (χ1n) is 6.65. The molecule has 2 aromatic rings. The van der Waals surface area contributed by atoms with E-state index < -0.39 is 0 Å². The van der Waals surface area contributed by atoms with Crippen LogP contribution in [-0.2, 0) is 0 Å². The van der Waals surface area contributed by atoms with Crippen molar-refractivity contribution in [2.75, 3.05) is 13.1 Å². The molecule has 0 N–H and O–H groups in total. The van der Waals surface area contributed by atoms with Crippen LogP contribution in [0.5, 0.6) is 0 Å². The highest BCUT2D eigenvalue weighted by Gasteiger charge is 2.25. The topological polar surface area (TPSA) is 16.1 Å². The average molecular weight is 238 g/mol. The van der Waals surface area contributed by atoms with Gasteiger partial charge >= 0.3 is 0 Å². The molecule has 1 atom stereocenters. The Labute approximate surface area is 108 Å². The fourth-order valence-corrected chi connectivity index (χ4v) is 2.74. The fraction of sp³-hybridized carbons (Fsp3) is 0.312. The Morgan fingerprint density at radius 3 is 2.28 bits per heavy atom. The van der Waals surface area contributed by atoms with Crippen molar-refractivity contribution in [1.82, 2.24) is 9.88 Å². The SMILES string of the molecule is c1ccc(C(c2ccccn2)N2CCCC2)cc1. The third-order valence-electron chi connectivity index (χ3n) is 3.59. The summed E-state index contributed by atoms with van der Waals surface area (Å²) in [5.41, 5.74) is 2.50. The molecule has 1 saturated heterocycles. The van der Waals surface area contributed by atoms with Crippen LogP contribution in [0.1, 0.15) is 30.1 Å². The largest absolute Gasteiger partial charge is 0.291 e. The van der Waals surface area contributed by atoms with E-state index in [9.17, 15) is 0 Å². The molecule has 2 nitrogen and oxygen atoms in total. The quantitative estimate of drug-likeness (QED) is 0.816. The molecule has 92 valence electrons. The Kier molecular flexibility index (Phi) is 3.37. The lowest BCUT2D eigenvalue weighted by Crippen LogP contribution is -2.27. The van der Waals surface area contributed by atoms with Crippen molar-refractivity contribution in [3.05, 3.63) is 66.0 Å². The summed E-state index contributed by atoms with van der Waals surface area (Å²) in [6.45, 7) is 2.35. The first-order valence-corrected chi connectivity index (χ1v) is 6.65. The van der Waals surface area contributed by atoms with Gasteiger partial charge in [0.15, 0.2) is 0 Å². The minimum absolute atomic E-state index is 0.315. The molecule has 0 saturated carbocycles. The molecule has 1 aromatic carbocycles. The van der Waals surface area contributed by atoms with Gasteiger partial charge < -0.3 is 0 Å². The van der Waals surface area contributed by atoms with Crippen LogP contribution in [0.4, 0.5) is 0 Å². The second-order valence-corrected chi connectivity index (χ2v) is 4.81. The van der Waals surface area contributed by atoms with Gasteiger partial charge in [0, 0.05) is 6.20 Å². The third kappa shape index (κ3) is 2.29. The summed E-state index contributed by atoms with van der Waals surface area (Å²) in [5.74, 6) is 0. The normalized spacial score (nSPS) is 17.8. The predicted molar refractivity (Wildman–Crippen MR) is 73.3 cm³/mol. The maximum atomic E-state index is 4.56. The molecule has 1 aliphatic rings. The summed E-state index contributed by atoms with van der Waals surface area (Å²) >= 11 is 0. The van der Waals surface area contributed by atoms with Gasteiger partial charge in [0.2, 0.25) is 0 Å². The Hall–Kier alpha value is -1.67. The second kappa shape index (κ2) is 5.32. The van der Waals surface area contributed by atoms with E-state index in [1.165, 1.54) is 31.5 Å². The van der Waals surface area contributed by atoms with Gasteiger partial charge in [-0.3, -0.25) is 9.88 Å². The monoisotopic (exact) mass is 238 g/mol. The van der Waals surface area contributed by atoms with Crippen molar-refractivity contribution < 1.29 is 0 Å². The van der Waals surface area contributed by atoms with Crippen molar-refractivity contribution in [1.29, 1.82) is 0 Å². The number of benzene rings is 1. The van der Waals surface area contributed by atoms with Crippen molar-refractivity contribution >= 4 is 0 Å². The van der Waals surface area contributed by atoms with Gasteiger partial charge in [-0.15, -0.1) is 0 Å². The van der Waals surface area contributed by atoms with Crippen LogP contribution in [0, 0.1) is 0 Å². The maximum Gasteiger partial charge on any atom is 0.0776 e. The van der Waals surface area contributed by atoms with Crippen LogP contribution in [-0.4, -0.2) is 23.0 Å². The third-order valence-corrected chi connectivity index (χ3v) is 3.59. The summed E-state index contributed by atoms with van der Waals surface area (Å²) in [5, 5.41) is 0. The molecule has 0 bridgehead atoms. The van der Waals surface area contributed by atoms with Gasteiger partial charge in [0.05, 0.1) is 11.7 Å². The van der Waals surface area contributed by atoms with E-state index in [1.54, 1.807) is 0 Å². The van der Waals surface area contributed by atoms with E-state index in [0.717, 1.165) is 5.69 Å². The van der Waals surface area contributed by atoms with E-state index in [-0.39, 0.29) is 0 Å². The van der Waals surface area contributed by atoms with E-state index >= 15 is 0 Å². The Morgan fingerprint density at radius 1 is 0.889 bits per heavy atom. The van der Waals surface area contributed by atoms with Crippen LogP contribution in [0.3, 0.4) is 0 Å². The van der Waals surface area contributed by atoms with Gasteiger partial charge in [-0.25, -0.2) is 0 Å². The van der Waals surface area contributed by atoms with Gasteiger partial charge in [0.25, 0.3) is 0 Å². The first-order chi connectivity index (χ1) is 8.95. The van der Waals surface area contributed by atoms with Gasteiger partial charge in [0.1, 0.15) is 0 Å². The molecule has 0 spiro atoms. The van der Waals surface area contributed by atoms with E-state index in [2.05, 4.69) is 52.3 Å².